The van der Waals surface area contributed by atoms with Gasteiger partial charge in [0, 0.05) is 37.3 Å². The molecule has 2 saturated heterocycles. The first kappa shape index (κ1) is 18.8. The lowest BCUT2D eigenvalue weighted by Crippen LogP contribution is -2.48. The molecule has 6 nitrogen and oxygen atoms in total. The lowest BCUT2D eigenvalue weighted by molar-refractivity contribution is -0.121. The highest BCUT2D eigenvalue weighted by molar-refractivity contribution is 6.31. The fourth-order valence-corrected chi connectivity index (χ4v) is 3.79. The van der Waals surface area contributed by atoms with Crippen molar-refractivity contribution in [3.05, 3.63) is 22.7 Å². The summed E-state index contributed by atoms with van der Waals surface area (Å²) >= 11 is 6.12. The number of piperidine rings is 1. The highest BCUT2D eigenvalue weighted by Crippen LogP contribution is 2.32. The molecular formula is C19H26ClN3O3. The molecule has 2 heterocycles. The lowest BCUT2D eigenvalue weighted by Gasteiger charge is -2.34. The van der Waals surface area contributed by atoms with Gasteiger partial charge < -0.3 is 19.9 Å². The fraction of sp³-hybridized carbons (Fsp3) is 0.579. The number of hydrogen-bond donors (Lipinski definition) is 1. The minimum atomic E-state index is -0.212. The number of aryl methyl sites for hydroxylation is 1. The number of methoxy groups -OCH3 is 1. The van der Waals surface area contributed by atoms with Crippen LogP contribution in [-0.4, -0.2) is 55.0 Å². The second kappa shape index (κ2) is 8.16. The van der Waals surface area contributed by atoms with Gasteiger partial charge in [-0.15, -0.1) is 0 Å². The van der Waals surface area contributed by atoms with Crippen LogP contribution in [0.2, 0.25) is 5.02 Å². The number of benzene rings is 1. The molecule has 2 aliphatic heterocycles. The van der Waals surface area contributed by atoms with Crippen molar-refractivity contribution in [3.63, 3.8) is 0 Å². The standard InChI is InChI=1S/C19H26ClN3O3/c1-13-10-16(17(26-2)11-15(13)20)21-18(24)14-6-5-9-23(12-14)19(25)22-7-3-4-8-22/h10-11,14H,3-9,12H2,1-2H3,(H,21,24). The maximum Gasteiger partial charge on any atom is 0.320 e. The molecule has 0 aromatic heterocycles. The van der Waals surface area contributed by atoms with Crippen molar-refractivity contribution in [2.75, 3.05) is 38.6 Å². The summed E-state index contributed by atoms with van der Waals surface area (Å²) in [6, 6.07) is 3.59. The molecule has 0 bridgehead atoms. The molecular weight excluding hydrogens is 354 g/mol. The van der Waals surface area contributed by atoms with Crippen molar-refractivity contribution < 1.29 is 14.3 Å². The number of urea groups is 1. The minimum Gasteiger partial charge on any atom is -0.495 e. The van der Waals surface area contributed by atoms with E-state index in [0.717, 1.165) is 50.9 Å². The molecule has 0 aliphatic carbocycles. The second-order valence-electron chi connectivity index (χ2n) is 7.05. The smallest absolute Gasteiger partial charge is 0.320 e. The number of rotatable bonds is 3. The summed E-state index contributed by atoms with van der Waals surface area (Å²) in [7, 11) is 1.55. The van der Waals surface area contributed by atoms with Crippen LogP contribution in [0, 0.1) is 12.8 Å². The molecule has 2 aliphatic rings. The van der Waals surface area contributed by atoms with Gasteiger partial charge in [-0.25, -0.2) is 4.79 Å². The third-order valence-corrected chi connectivity index (χ3v) is 5.59. The second-order valence-corrected chi connectivity index (χ2v) is 7.46. The molecule has 1 aromatic carbocycles. The van der Waals surface area contributed by atoms with Gasteiger partial charge in [0.05, 0.1) is 18.7 Å². The molecule has 0 radical (unpaired) electrons. The number of nitrogens with zero attached hydrogens (tertiary/aromatic N) is 2. The molecule has 1 atom stereocenters. The van der Waals surface area contributed by atoms with Gasteiger partial charge in [-0.05, 0) is 44.2 Å². The summed E-state index contributed by atoms with van der Waals surface area (Å²) in [6.07, 6.45) is 3.76. The normalized spacial score (nSPS) is 20.2. The maximum absolute atomic E-state index is 12.8. The van der Waals surface area contributed by atoms with E-state index in [-0.39, 0.29) is 17.9 Å². The lowest BCUT2D eigenvalue weighted by atomic mass is 9.97. The molecule has 3 amide bonds. The maximum atomic E-state index is 12.8. The van der Waals surface area contributed by atoms with Gasteiger partial charge in [-0.2, -0.15) is 0 Å². The van der Waals surface area contributed by atoms with Crippen LogP contribution in [0.5, 0.6) is 5.75 Å². The van der Waals surface area contributed by atoms with E-state index in [2.05, 4.69) is 5.32 Å². The van der Waals surface area contributed by atoms with Gasteiger partial charge in [0.1, 0.15) is 5.75 Å². The summed E-state index contributed by atoms with van der Waals surface area (Å²) in [5, 5.41) is 3.55. The van der Waals surface area contributed by atoms with Crippen LogP contribution in [0.25, 0.3) is 0 Å². The van der Waals surface area contributed by atoms with Crippen LogP contribution in [0.4, 0.5) is 10.5 Å². The van der Waals surface area contributed by atoms with Crippen LogP contribution < -0.4 is 10.1 Å². The Morgan fingerprint density at radius 1 is 1.15 bits per heavy atom. The largest absolute Gasteiger partial charge is 0.495 e. The van der Waals surface area contributed by atoms with Crippen LogP contribution in [0.1, 0.15) is 31.2 Å². The van der Waals surface area contributed by atoms with Crippen molar-refractivity contribution in [1.29, 1.82) is 0 Å². The van der Waals surface area contributed by atoms with Crippen molar-refractivity contribution in [2.24, 2.45) is 5.92 Å². The van der Waals surface area contributed by atoms with E-state index in [1.165, 1.54) is 0 Å². The number of nitrogens with one attached hydrogen (secondary N) is 1. The summed E-state index contributed by atoms with van der Waals surface area (Å²) in [4.78, 5) is 29.1. The highest BCUT2D eigenvalue weighted by atomic mass is 35.5. The number of hydrogen-bond acceptors (Lipinski definition) is 3. The Morgan fingerprint density at radius 3 is 2.54 bits per heavy atom. The van der Waals surface area contributed by atoms with Gasteiger partial charge >= 0.3 is 6.03 Å². The van der Waals surface area contributed by atoms with Crippen molar-refractivity contribution in [1.82, 2.24) is 9.80 Å². The van der Waals surface area contributed by atoms with E-state index in [1.54, 1.807) is 13.2 Å². The Bertz CT molecular complexity index is 689. The number of anilines is 1. The van der Waals surface area contributed by atoms with E-state index in [0.29, 0.717) is 23.0 Å². The van der Waals surface area contributed by atoms with Gasteiger partial charge in [0.25, 0.3) is 0 Å². The molecule has 2 fully saturated rings. The highest BCUT2D eigenvalue weighted by Gasteiger charge is 2.31. The zero-order valence-corrected chi connectivity index (χ0v) is 16.1. The molecule has 0 spiro atoms. The number of likely N-dealkylation sites (tertiary alicyclic amines) is 2. The van der Waals surface area contributed by atoms with E-state index < -0.39 is 0 Å². The summed E-state index contributed by atoms with van der Waals surface area (Å²) in [5.74, 6) is 0.245. The number of halogens is 1. The Balaban J connectivity index is 1.66. The fourth-order valence-electron chi connectivity index (χ4n) is 3.64. The van der Waals surface area contributed by atoms with E-state index in [1.807, 2.05) is 22.8 Å². The average Bonchev–Trinajstić information content (AvgIpc) is 3.18. The van der Waals surface area contributed by atoms with Gasteiger partial charge in [0.15, 0.2) is 0 Å². The number of carbonyl (C=O) groups excluding carboxylic acids is 2. The first-order chi connectivity index (χ1) is 12.5. The molecule has 1 N–H and O–H groups in total. The summed E-state index contributed by atoms with van der Waals surface area (Å²) in [6.45, 7) is 4.73. The number of amides is 3. The number of carbonyl (C=O) groups is 2. The Morgan fingerprint density at radius 2 is 1.85 bits per heavy atom. The molecule has 7 heteroatoms. The van der Waals surface area contributed by atoms with Crippen molar-refractivity contribution >= 4 is 29.2 Å². The van der Waals surface area contributed by atoms with E-state index in [4.69, 9.17) is 16.3 Å². The van der Waals surface area contributed by atoms with Gasteiger partial charge in [-0.1, -0.05) is 11.6 Å². The van der Waals surface area contributed by atoms with Crippen LogP contribution >= 0.6 is 11.6 Å². The quantitative estimate of drug-likeness (QED) is 0.873. The zero-order chi connectivity index (χ0) is 18.7. The van der Waals surface area contributed by atoms with E-state index in [9.17, 15) is 9.59 Å². The van der Waals surface area contributed by atoms with Crippen molar-refractivity contribution in [3.8, 4) is 5.75 Å². The first-order valence-electron chi connectivity index (χ1n) is 9.18. The monoisotopic (exact) mass is 379 g/mol. The summed E-state index contributed by atoms with van der Waals surface area (Å²) < 4.78 is 5.33. The Hall–Kier alpha value is -1.95. The topological polar surface area (TPSA) is 61.9 Å². The zero-order valence-electron chi connectivity index (χ0n) is 15.4. The van der Waals surface area contributed by atoms with Gasteiger partial charge in [-0.3, -0.25) is 4.79 Å². The number of ether oxygens (including phenoxy) is 1. The Kier molecular flexibility index (Phi) is 5.91. The van der Waals surface area contributed by atoms with E-state index >= 15 is 0 Å². The predicted octanol–water partition coefficient (Wildman–Crippen LogP) is 3.52. The average molecular weight is 380 g/mol. The molecule has 1 aromatic rings. The van der Waals surface area contributed by atoms with Crippen LogP contribution in [0.3, 0.4) is 0 Å². The first-order valence-corrected chi connectivity index (χ1v) is 9.56. The predicted molar refractivity (Wildman–Crippen MR) is 102 cm³/mol. The van der Waals surface area contributed by atoms with Crippen LogP contribution in [0.15, 0.2) is 12.1 Å². The third-order valence-electron chi connectivity index (χ3n) is 5.18. The minimum absolute atomic E-state index is 0.0694. The molecule has 3 rings (SSSR count). The van der Waals surface area contributed by atoms with Crippen LogP contribution in [-0.2, 0) is 4.79 Å². The molecule has 142 valence electrons. The summed E-state index contributed by atoms with van der Waals surface area (Å²) in [5.41, 5.74) is 1.49. The van der Waals surface area contributed by atoms with Crippen molar-refractivity contribution in [2.45, 2.75) is 32.6 Å². The molecule has 1 unspecified atom stereocenters. The SMILES string of the molecule is COc1cc(Cl)c(C)cc1NC(=O)C1CCCN(C(=O)N2CCCC2)C1. The van der Waals surface area contributed by atoms with Gasteiger partial charge in [0.2, 0.25) is 5.91 Å². The Labute approximate surface area is 159 Å². The third kappa shape index (κ3) is 4.06. The molecule has 26 heavy (non-hydrogen) atoms. The molecule has 0 saturated carbocycles.